The molecule has 0 unspecified atom stereocenters. The summed E-state index contributed by atoms with van der Waals surface area (Å²) < 4.78 is 53.7. The number of allylic oxidation sites excluding steroid dienone is 1. The number of hydrogen-bond acceptors (Lipinski definition) is 11. The van der Waals surface area contributed by atoms with Crippen LogP contribution in [0.5, 0.6) is 17.2 Å². The molecular weight excluding hydrogens is 835 g/mol. The van der Waals surface area contributed by atoms with Gasteiger partial charge >= 0.3 is 0 Å². The molecule has 0 amide bonds. The molecule has 1 fully saturated rings. The van der Waals surface area contributed by atoms with Gasteiger partial charge in [0.15, 0.2) is 0 Å². The Morgan fingerprint density at radius 3 is 2.43 bits per heavy atom. The predicted octanol–water partition coefficient (Wildman–Crippen LogP) is 10.3. The summed E-state index contributed by atoms with van der Waals surface area (Å²) in [6, 6.07) is 21.9. The molecule has 4 aromatic rings. The molecule has 338 valence electrons. The van der Waals surface area contributed by atoms with E-state index in [-0.39, 0.29) is 55.4 Å². The lowest BCUT2D eigenvalue weighted by Gasteiger charge is -2.59. The van der Waals surface area contributed by atoms with Gasteiger partial charge in [0.1, 0.15) is 27.7 Å². The van der Waals surface area contributed by atoms with Crippen molar-refractivity contribution in [2.75, 3.05) is 32.6 Å². The average molecular weight is 898 g/mol. The first-order valence-electron chi connectivity index (χ1n) is 22.3. The van der Waals surface area contributed by atoms with E-state index in [1.807, 2.05) is 82.5 Å². The predicted molar refractivity (Wildman–Crippen MR) is 250 cm³/mol. The second kappa shape index (κ2) is 20.3. The van der Waals surface area contributed by atoms with Crippen molar-refractivity contribution < 1.29 is 37.7 Å². The summed E-state index contributed by atoms with van der Waals surface area (Å²) in [6.07, 6.45) is 12.8. The van der Waals surface area contributed by atoms with Crippen molar-refractivity contribution in [3.63, 3.8) is 0 Å². The first-order chi connectivity index (χ1) is 30.4. The lowest BCUT2D eigenvalue weighted by Crippen LogP contribution is -2.70. The maximum atomic E-state index is 15.5. The molecule has 1 aliphatic heterocycles. The number of oxime groups is 1. The van der Waals surface area contributed by atoms with Crippen LogP contribution in [0.2, 0.25) is 0 Å². The highest BCUT2D eigenvalue weighted by Crippen LogP contribution is 2.62. The molecule has 3 aliphatic rings. The monoisotopic (exact) mass is 897 g/mol. The minimum absolute atomic E-state index is 0.0106. The van der Waals surface area contributed by atoms with Crippen molar-refractivity contribution in [3.8, 4) is 17.2 Å². The molecule has 7 rings (SSSR count). The number of para-hydroxylation sites is 1. The van der Waals surface area contributed by atoms with E-state index in [1.54, 1.807) is 46.5 Å². The van der Waals surface area contributed by atoms with Crippen LogP contribution in [0, 0.1) is 17.8 Å². The SMILES string of the molecule is C=CCO[C@@]12Oc3ccc(Oc4ccc(SC)cc4)cc3[C@H]3[C@H](CCCCO)[C@@H](CCCCO)C=C(C(=NOC(C)(C)C)C[C@@H]1N(CCC)S(=O)(=O)c1cccc4cccnc14)[C@H]32. The van der Waals surface area contributed by atoms with E-state index in [0.29, 0.717) is 53.1 Å². The summed E-state index contributed by atoms with van der Waals surface area (Å²) >= 11 is 1.67. The van der Waals surface area contributed by atoms with Crippen LogP contribution < -0.4 is 9.47 Å². The Balaban J connectivity index is 1.49. The van der Waals surface area contributed by atoms with Gasteiger partial charge in [-0.15, -0.1) is 18.3 Å². The van der Waals surface area contributed by atoms with Gasteiger partial charge in [0.05, 0.1) is 29.8 Å². The van der Waals surface area contributed by atoms with Crippen LogP contribution in [0.1, 0.15) is 90.5 Å². The topological polar surface area (TPSA) is 140 Å². The standard InChI is InChI=1S/C50H63N3O8S2/c1-7-27-53(63(56,57)44-19-13-16-34-17-14-26-51-48(34)44)45-33-42(52-61-49(3,4)5)40-31-35(15-9-11-28-54)39(18-10-12-29-55)46-41-32-37(59-36-20-23-38(62-6)24-21-36)22-25-43(41)60-50(45,47(40)46)58-30-8-2/h8,13-14,16-17,19-26,31-32,35,39,45-47,54-55H,2,7,9-12,15,18,27-30,33H2,1,3-6H3/t35-,39+,45-,46+,47+,50+/m0/s1. The first-order valence-corrected chi connectivity index (χ1v) is 25.0. The highest BCUT2D eigenvalue weighted by Gasteiger charge is 2.66. The molecule has 0 radical (unpaired) electrons. The number of unbranched alkanes of at least 4 members (excludes halogenated alkanes) is 2. The Bertz CT molecular complexity index is 2380. The van der Waals surface area contributed by atoms with E-state index in [1.165, 1.54) is 0 Å². The highest BCUT2D eigenvalue weighted by atomic mass is 32.2. The third-order valence-electron chi connectivity index (χ3n) is 12.3. The maximum absolute atomic E-state index is 15.5. The normalized spacial score (nSPS) is 23.8. The average Bonchev–Trinajstić information content (AvgIpc) is 3.28. The van der Waals surface area contributed by atoms with Crippen molar-refractivity contribution in [2.45, 2.75) is 112 Å². The molecule has 0 saturated heterocycles. The van der Waals surface area contributed by atoms with Crippen LogP contribution in [0.3, 0.4) is 0 Å². The number of aliphatic hydroxyl groups is 2. The third kappa shape index (κ3) is 9.89. The molecule has 0 spiro atoms. The van der Waals surface area contributed by atoms with Crippen LogP contribution in [0.4, 0.5) is 0 Å². The molecule has 2 N–H and O–H groups in total. The Labute approximate surface area is 377 Å². The van der Waals surface area contributed by atoms with E-state index in [0.717, 1.165) is 41.7 Å². The number of fused-ring (bicyclic) bond motifs is 3. The quantitative estimate of drug-likeness (QED) is 0.0381. The number of ether oxygens (including phenoxy) is 3. The molecule has 13 heteroatoms. The van der Waals surface area contributed by atoms with E-state index >= 15 is 8.42 Å². The fourth-order valence-corrected chi connectivity index (χ4v) is 12.0. The Kier molecular flexibility index (Phi) is 15.1. The van der Waals surface area contributed by atoms with Gasteiger partial charge in [0.2, 0.25) is 15.8 Å². The number of thioether (sulfide) groups is 1. The van der Waals surface area contributed by atoms with Crippen molar-refractivity contribution in [2.24, 2.45) is 22.9 Å². The number of benzene rings is 3. The van der Waals surface area contributed by atoms with Gasteiger partial charge in [0, 0.05) is 54.1 Å². The Morgan fingerprint density at radius 2 is 1.73 bits per heavy atom. The van der Waals surface area contributed by atoms with Crippen LogP contribution in [-0.2, 0) is 19.6 Å². The number of rotatable bonds is 20. The summed E-state index contributed by atoms with van der Waals surface area (Å²) in [4.78, 5) is 12.1. The molecule has 3 aromatic carbocycles. The van der Waals surface area contributed by atoms with Gasteiger partial charge < -0.3 is 29.3 Å². The molecule has 2 heterocycles. The zero-order valence-corrected chi connectivity index (χ0v) is 38.9. The van der Waals surface area contributed by atoms with Gasteiger partial charge in [-0.1, -0.05) is 55.3 Å². The number of aliphatic hydroxyl groups excluding tert-OH is 2. The smallest absolute Gasteiger partial charge is 0.245 e. The minimum atomic E-state index is -4.28. The van der Waals surface area contributed by atoms with Crippen molar-refractivity contribution >= 4 is 38.4 Å². The molecule has 11 nitrogen and oxygen atoms in total. The number of hydrogen-bond donors (Lipinski definition) is 2. The summed E-state index contributed by atoms with van der Waals surface area (Å²) in [5.41, 5.74) is 2.23. The summed E-state index contributed by atoms with van der Waals surface area (Å²) in [6.45, 7) is 12.3. The van der Waals surface area contributed by atoms with Crippen LogP contribution in [0.15, 0.2) is 118 Å². The fraction of sp³-hybridized carbons (Fsp3) is 0.480. The molecule has 1 saturated carbocycles. The van der Waals surface area contributed by atoms with Crippen LogP contribution in [0.25, 0.3) is 10.9 Å². The van der Waals surface area contributed by atoms with Gasteiger partial charge in [0.25, 0.3) is 0 Å². The second-order valence-corrected chi connectivity index (χ2v) is 20.4. The molecule has 63 heavy (non-hydrogen) atoms. The second-order valence-electron chi connectivity index (χ2n) is 17.7. The molecule has 2 aliphatic carbocycles. The van der Waals surface area contributed by atoms with E-state index in [9.17, 15) is 10.2 Å². The van der Waals surface area contributed by atoms with E-state index in [4.69, 9.17) is 24.2 Å². The van der Waals surface area contributed by atoms with Crippen LogP contribution >= 0.6 is 11.8 Å². The van der Waals surface area contributed by atoms with Gasteiger partial charge in [-0.3, -0.25) is 4.98 Å². The van der Waals surface area contributed by atoms with Gasteiger partial charge in [-0.2, -0.15) is 4.31 Å². The fourth-order valence-electron chi connectivity index (χ4n) is 9.73. The zero-order chi connectivity index (χ0) is 44.8. The number of sulfonamides is 1. The Morgan fingerprint density at radius 1 is 1.00 bits per heavy atom. The molecular formula is C50H63N3O8S2. The highest BCUT2D eigenvalue weighted by molar-refractivity contribution is 7.98. The summed E-state index contributed by atoms with van der Waals surface area (Å²) in [5.74, 6) is -0.393. The zero-order valence-electron chi connectivity index (χ0n) is 37.2. The first kappa shape index (κ1) is 46.7. The van der Waals surface area contributed by atoms with Crippen molar-refractivity contribution in [1.29, 1.82) is 0 Å². The van der Waals surface area contributed by atoms with E-state index < -0.39 is 33.4 Å². The largest absolute Gasteiger partial charge is 0.460 e. The Hall–Kier alpha value is -4.24. The molecule has 6 atom stereocenters. The van der Waals surface area contributed by atoms with Crippen molar-refractivity contribution in [1.82, 2.24) is 9.29 Å². The maximum Gasteiger partial charge on any atom is 0.245 e. The number of aromatic nitrogens is 1. The lowest BCUT2D eigenvalue weighted by molar-refractivity contribution is -0.251. The summed E-state index contributed by atoms with van der Waals surface area (Å²) in [5, 5.41) is 25.6. The van der Waals surface area contributed by atoms with Gasteiger partial charge in [-0.25, -0.2) is 8.42 Å². The lowest BCUT2D eigenvalue weighted by atomic mass is 9.55. The number of nitrogens with zero attached hydrogens (tertiary/aromatic N) is 3. The van der Waals surface area contributed by atoms with Gasteiger partial charge in [-0.05, 0) is 131 Å². The van der Waals surface area contributed by atoms with Crippen molar-refractivity contribution in [3.05, 3.63) is 109 Å². The van der Waals surface area contributed by atoms with E-state index in [2.05, 4.69) is 23.7 Å². The minimum Gasteiger partial charge on any atom is -0.460 e. The molecule has 1 aromatic heterocycles. The number of pyridine rings is 1. The van der Waals surface area contributed by atoms with Crippen LogP contribution in [-0.4, -0.2) is 83.7 Å². The summed E-state index contributed by atoms with van der Waals surface area (Å²) in [7, 11) is -4.28. The third-order valence-corrected chi connectivity index (χ3v) is 15.0. The molecule has 0 bridgehead atoms.